The molecule has 1 N–H and O–H groups in total. The van der Waals surface area contributed by atoms with E-state index in [0.717, 1.165) is 60.0 Å². The average Bonchev–Trinajstić information content (AvgIpc) is 3.46. The molecule has 1 fully saturated rings. The molecule has 4 aromatic rings. The molecule has 3 aromatic carbocycles. The second-order valence-corrected chi connectivity index (χ2v) is 9.38. The Kier molecular flexibility index (Phi) is 5.03. The maximum atomic E-state index is 10.9. The number of aryl methyl sites for hydroxylation is 1. The minimum atomic E-state index is 0.234. The van der Waals surface area contributed by atoms with Gasteiger partial charge in [-0.1, -0.05) is 41.6 Å². The molecular weight excluding hydrogens is 426 g/mol. The second kappa shape index (κ2) is 8.22. The van der Waals surface area contributed by atoms with Crippen LogP contribution in [0.4, 0.5) is 0 Å². The molecule has 2 heterocycles. The SMILES string of the molecule is Cc1cc(-c2nc(-c3ccc4c(c3)CN(C3CC(C=O)C3)C4)no2)ccc1-c1ccccc1O. The number of phenols is 1. The molecule has 1 aliphatic carbocycles. The first-order chi connectivity index (χ1) is 16.6. The molecule has 6 heteroatoms. The Balaban J connectivity index is 1.22. The fourth-order valence-corrected chi connectivity index (χ4v) is 5.12. The minimum absolute atomic E-state index is 0.234. The van der Waals surface area contributed by atoms with E-state index in [4.69, 9.17) is 4.52 Å². The summed E-state index contributed by atoms with van der Waals surface area (Å²) in [6, 6.07) is 20.1. The Hall–Kier alpha value is -3.77. The molecule has 34 heavy (non-hydrogen) atoms. The number of benzene rings is 3. The van der Waals surface area contributed by atoms with E-state index in [2.05, 4.69) is 33.2 Å². The lowest BCUT2D eigenvalue weighted by Gasteiger charge is -2.38. The molecule has 0 spiro atoms. The summed E-state index contributed by atoms with van der Waals surface area (Å²) in [5.41, 5.74) is 7.20. The van der Waals surface area contributed by atoms with Crippen molar-refractivity contribution in [1.29, 1.82) is 0 Å². The van der Waals surface area contributed by atoms with Gasteiger partial charge in [0.15, 0.2) is 0 Å². The van der Waals surface area contributed by atoms with Gasteiger partial charge in [-0.25, -0.2) is 0 Å². The zero-order valence-electron chi connectivity index (χ0n) is 18.9. The van der Waals surface area contributed by atoms with E-state index >= 15 is 0 Å². The van der Waals surface area contributed by atoms with Gasteiger partial charge in [0.25, 0.3) is 5.89 Å². The van der Waals surface area contributed by atoms with Gasteiger partial charge in [-0.15, -0.1) is 0 Å². The number of para-hydroxylation sites is 1. The average molecular weight is 452 g/mol. The number of carbonyl (C=O) groups is 1. The Morgan fingerprint density at radius 3 is 2.56 bits per heavy atom. The molecule has 0 radical (unpaired) electrons. The molecule has 6 rings (SSSR count). The summed E-state index contributed by atoms with van der Waals surface area (Å²) in [6.07, 6.45) is 3.04. The summed E-state index contributed by atoms with van der Waals surface area (Å²) < 4.78 is 5.60. The zero-order chi connectivity index (χ0) is 23.2. The molecule has 0 saturated heterocycles. The van der Waals surface area contributed by atoms with Gasteiger partial charge in [-0.3, -0.25) is 4.90 Å². The number of aromatic hydroxyl groups is 1. The van der Waals surface area contributed by atoms with Crippen molar-refractivity contribution in [2.75, 3.05) is 0 Å². The number of phenolic OH excluding ortho intramolecular Hbond substituents is 1. The third-order valence-corrected chi connectivity index (χ3v) is 7.16. The van der Waals surface area contributed by atoms with E-state index in [-0.39, 0.29) is 11.7 Å². The highest BCUT2D eigenvalue weighted by atomic mass is 16.5. The van der Waals surface area contributed by atoms with Gasteiger partial charge in [0.1, 0.15) is 12.0 Å². The summed E-state index contributed by atoms with van der Waals surface area (Å²) >= 11 is 0. The lowest BCUT2D eigenvalue weighted by Crippen LogP contribution is -2.42. The van der Waals surface area contributed by atoms with E-state index in [9.17, 15) is 9.90 Å². The lowest BCUT2D eigenvalue weighted by molar-refractivity contribution is -0.115. The van der Waals surface area contributed by atoms with Gasteiger partial charge in [0.2, 0.25) is 5.82 Å². The van der Waals surface area contributed by atoms with Crippen LogP contribution in [0.25, 0.3) is 34.0 Å². The largest absolute Gasteiger partial charge is 0.507 e. The topological polar surface area (TPSA) is 79.5 Å². The van der Waals surface area contributed by atoms with Crippen LogP contribution in [0.2, 0.25) is 0 Å². The smallest absolute Gasteiger partial charge is 0.258 e. The van der Waals surface area contributed by atoms with Crippen molar-refractivity contribution in [3.63, 3.8) is 0 Å². The molecule has 0 amide bonds. The summed E-state index contributed by atoms with van der Waals surface area (Å²) in [5, 5.41) is 14.4. The number of nitrogens with zero attached hydrogens (tertiary/aromatic N) is 3. The second-order valence-electron chi connectivity index (χ2n) is 9.38. The molecule has 0 atom stereocenters. The molecule has 170 valence electrons. The van der Waals surface area contributed by atoms with Crippen molar-refractivity contribution in [2.45, 2.75) is 38.9 Å². The van der Waals surface area contributed by atoms with Gasteiger partial charge in [0.05, 0.1) is 0 Å². The molecular formula is C28H25N3O3. The van der Waals surface area contributed by atoms with Crippen molar-refractivity contribution in [2.24, 2.45) is 5.92 Å². The van der Waals surface area contributed by atoms with Gasteiger partial charge >= 0.3 is 0 Å². The molecule has 1 aromatic heterocycles. The van der Waals surface area contributed by atoms with Crippen LogP contribution in [-0.4, -0.2) is 32.5 Å². The Labute approximate surface area is 197 Å². The van der Waals surface area contributed by atoms with Crippen molar-refractivity contribution in [3.05, 3.63) is 77.4 Å². The highest BCUT2D eigenvalue weighted by Gasteiger charge is 2.36. The fraction of sp³-hybridized carbons (Fsp3) is 0.250. The number of hydrogen-bond acceptors (Lipinski definition) is 6. The van der Waals surface area contributed by atoms with Crippen LogP contribution >= 0.6 is 0 Å². The first kappa shape index (κ1) is 20.8. The van der Waals surface area contributed by atoms with Crippen molar-refractivity contribution >= 4 is 6.29 Å². The molecule has 0 bridgehead atoms. The predicted molar refractivity (Wildman–Crippen MR) is 129 cm³/mol. The summed E-state index contributed by atoms with van der Waals surface area (Å²) in [5.74, 6) is 1.54. The standard InChI is InChI=1S/C28H25N3O3/c1-17-10-20(8-9-24(17)25-4-2-3-5-26(25)33)28-29-27(30-34-28)19-6-7-21-14-31(15-22(21)13-19)23-11-18(12-23)16-32/h2-10,13,16,18,23,33H,11-12,14-15H2,1H3. The predicted octanol–water partition coefficient (Wildman–Crippen LogP) is 5.38. The van der Waals surface area contributed by atoms with Crippen molar-refractivity contribution in [3.8, 4) is 39.7 Å². The zero-order valence-corrected chi connectivity index (χ0v) is 18.9. The van der Waals surface area contributed by atoms with E-state index in [1.54, 1.807) is 6.07 Å². The highest BCUT2D eigenvalue weighted by Crippen LogP contribution is 2.37. The molecule has 1 saturated carbocycles. The summed E-state index contributed by atoms with van der Waals surface area (Å²) in [7, 11) is 0. The lowest BCUT2D eigenvalue weighted by atomic mass is 9.80. The Bertz CT molecular complexity index is 1390. The van der Waals surface area contributed by atoms with Gasteiger partial charge in [-0.05, 0) is 66.3 Å². The highest BCUT2D eigenvalue weighted by molar-refractivity contribution is 5.75. The van der Waals surface area contributed by atoms with Crippen LogP contribution < -0.4 is 0 Å². The summed E-state index contributed by atoms with van der Waals surface area (Å²) in [4.78, 5) is 18.1. The third kappa shape index (κ3) is 3.60. The minimum Gasteiger partial charge on any atom is -0.507 e. The number of rotatable bonds is 5. The van der Waals surface area contributed by atoms with E-state index in [1.165, 1.54) is 11.1 Å². The van der Waals surface area contributed by atoms with Crippen LogP contribution in [-0.2, 0) is 17.9 Å². The maximum absolute atomic E-state index is 10.9. The van der Waals surface area contributed by atoms with Crippen LogP contribution in [0.5, 0.6) is 5.75 Å². The van der Waals surface area contributed by atoms with Gasteiger partial charge in [0, 0.05) is 41.7 Å². The van der Waals surface area contributed by atoms with Crippen molar-refractivity contribution in [1.82, 2.24) is 15.0 Å². The number of aromatic nitrogens is 2. The van der Waals surface area contributed by atoms with Gasteiger partial charge < -0.3 is 14.4 Å². The first-order valence-electron chi connectivity index (χ1n) is 11.6. The van der Waals surface area contributed by atoms with Crippen LogP contribution in [0.3, 0.4) is 0 Å². The molecule has 1 aliphatic heterocycles. The van der Waals surface area contributed by atoms with Crippen LogP contribution in [0.15, 0.2) is 65.2 Å². The van der Waals surface area contributed by atoms with Crippen LogP contribution in [0.1, 0.15) is 29.5 Å². The molecule has 6 nitrogen and oxygen atoms in total. The van der Waals surface area contributed by atoms with Crippen molar-refractivity contribution < 1.29 is 14.4 Å². The normalized spacial score (nSPS) is 19.6. The fourth-order valence-electron chi connectivity index (χ4n) is 5.12. The van der Waals surface area contributed by atoms with E-state index in [0.29, 0.717) is 17.8 Å². The first-order valence-corrected chi connectivity index (χ1v) is 11.6. The Morgan fingerprint density at radius 2 is 1.76 bits per heavy atom. The quantitative estimate of drug-likeness (QED) is 0.411. The number of aldehydes is 1. The monoisotopic (exact) mass is 451 g/mol. The number of hydrogen-bond donors (Lipinski definition) is 1. The van der Waals surface area contributed by atoms with E-state index in [1.807, 2.05) is 43.3 Å². The number of fused-ring (bicyclic) bond motifs is 1. The van der Waals surface area contributed by atoms with Gasteiger partial charge in [-0.2, -0.15) is 4.98 Å². The summed E-state index contributed by atoms with van der Waals surface area (Å²) in [6.45, 7) is 3.84. The van der Waals surface area contributed by atoms with Crippen LogP contribution in [0, 0.1) is 12.8 Å². The third-order valence-electron chi connectivity index (χ3n) is 7.16. The molecule has 0 unspecified atom stereocenters. The maximum Gasteiger partial charge on any atom is 0.258 e. The number of carbonyl (C=O) groups excluding carboxylic acids is 1. The molecule has 2 aliphatic rings. The van der Waals surface area contributed by atoms with E-state index < -0.39 is 0 Å². The Morgan fingerprint density at radius 1 is 0.971 bits per heavy atom.